The predicted molar refractivity (Wildman–Crippen MR) is 80.8 cm³/mol. The molecule has 2 aliphatic rings. The van der Waals surface area contributed by atoms with Crippen molar-refractivity contribution in [2.75, 3.05) is 18.0 Å². The molecule has 20 heavy (non-hydrogen) atoms. The van der Waals surface area contributed by atoms with Crippen LogP contribution in [0.4, 0.5) is 5.69 Å². The summed E-state index contributed by atoms with van der Waals surface area (Å²) in [4.78, 5) is 12.9. The van der Waals surface area contributed by atoms with Crippen LogP contribution in [0.5, 0.6) is 0 Å². The summed E-state index contributed by atoms with van der Waals surface area (Å²) >= 11 is 0. The average Bonchev–Trinajstić information content (AvgIpc) is 2.44. The minimum Gasteiger partial charge on any atom is -0.478 e. The van der Waals surface area contributed by atoms with Crippen molar-refractivity contribution in [1.82, 2.24) is 0 Å². The van der Waals surface area contributed by atoms with Gasteiger partial charge in [0.2, 0.25) is 0 Å². The molecule has 1 saturated carbocycles. The molecule has 3 nitrogen and oxygen atoms in total. The van der Waals surface area contributed by atoms with Gasteiger partial charge in [0.15, 0.2) is 0 Å². The SMILES string of the molecule is O=C(O)/C=C/c1ccc(N2CC3(CCCCC3)C2)cc1. The normalized spacial score (nSPS) is 21.1. The van der Waals surface area contributed by atoms with E-state index >= 15 is 0 Å². The molecule has 1 aliphatic carbocycles. The Labute approximate surface area is 119 Å². The van der Waals surface area contributed by atoms with Crippen molar-refractivity contribution in [3.63, 3.8) is 0 Å². The number of hydrogen-bond acceptors (Lipinski definition) is 2. The molecular formula is C17H21NO2. The van der Waals surface area contributed by atoms with Gasteiger partial charge >= 0.3 is 5.97 Å². The van der Waals surface area contributed by atoms with Crippen LogP contribution in [0.3, 0.4) is 0 Å². The maximum Gasteiger partial charge on any atom is 0.328 e. The van der Waals surface area contributed by atoms with Gasteiger partial charge in [-0.3, -0.25) is 0 Å². The Kier molecular flexibility index (Phi) is 3.51. The van der Waals surface area contributed by atoms with Crippen LogP contribution in [0, 0.1) is 5.41 Å². The quantitative estimate of drug-likeness (QED) is 0.855. The summed E-state index contributed by atoms with van der Waals surface area (Å²) in [5.41, 5.74) is 2.79. The molecule has 1 heterocycles. The zero-order chi connectivity index (χ0) is 14.0. The molecule has 0 radical (unpaired) electrons. The lowest BCUT2D eigenvalue weighted by atomic mass is 9.68. The number of nitrogens with zero attached hydrogens (tertiary/aromatic N) is 1. The Morgan fingerprint density at radius 3 is 2.35 bits per heavy atom. The van der Waals surface area contributed by atoms with Gasteiger partial charge in [-0.2, -0.15) is 0 Å². The predicted octanol–water partition coefficient (Wildman–Crippen LogP) is 3.55. The summed E-state index contributed by atoms with van der Waals surface area (Å²) in [6.45, 7) is 2.38. The number of hydrogen-bond donors (Lipinski definition) is 1. The van der Waals surface area contributed by atoms with Crippen molar-refractivity contribution in [3.05, 3.63) is 35.9 Å². The molecule has 1 aliphatic heterocycles. The molecule has 1 N–H and O–H groups in total. The van der Waals surface area contributed by atoms with E-state index in [1.54, 1.807) is 6.08 Å². The molecule has 0 amide bonds. The standard InChI is InChI=1S/C17H21NO2/c19-16(20)9-6-14-4-7-15(8-5-14)18-12-17(13-18)10-2-1-3-11-17/h4-9H,1-3,10-13H2,(H,19,20)/b9-6+. The van der Waals surface area contributed by atoms with Gasteiger partial charge in [-0.15, -0.1) is 0 Å². The third-order valence-electron chi connectivity index (χ3n) is 4.64. The van der Waals surface area contributed by atoms with Gasteiger partial charge in [0, 0.05) is 30.3 Å². The highest BCUT2D eigenvalue weighted by Gasteiger charge is 2.43. The van der Waals surface area contributed by atoms with Gasteiger partial charge < -0.3 is 10.0 Å². The van der Waals surface area contributed by atoms with E-state index in [0.29, 0.717) is 5.41 Å². The number of benzene rings is 1. The maximum absolute atomic E-state index is 10.5. The molecule has 0 atom stereocenters. The number of rotatable bonds is 3. The van der Waals surface area contributed by atoms with Crippen molar-refractivity contribution in [1.29, 1.82) is 0 Å². The Morgan fingerprint density at radius 1 is 1.10 bits per heavy atom. The highest BCUT2D eigenvalue weighted by molar-refractivity contribution is 5.85. The largest absolute Gasteiger partial charge is 0.478 e. The van der Waals surface area contributed by atoms with E-state index in [9.17, 15) is 4.79 Å². The Morgan fingerprint density at radius 2 is 1.75 bits per heavy atom. The first-order valence-electron chi connectivity index (χ1n) is 7.43. The third-order valence-corrected chi connectivity index (χ3v) is 4.64. The Balaban J connectivity index is 1.60. The van der Waals surface area contributed by atoms with Crippen molar-refractivity contribution >= 4 is 17.7 Å². The van der Waals surface area contributed by atoms with Gasteiger partial charge in [0.25, 0.3) is 0 Å². The molecule has 1 aromatic carbocycles. The van der Waals surface area contributed by atoms with Crippen LogP contribution in [0.2, 0.25) is 0 Å². The summed E-state index contributed by atoms with van der Waals surface area (Å²) in [5, 5.41) is 8.61. The highest BCUT2D eigenvalue weighted by atomic mass is 16.4. The first kappa shape index (κ1) is 13.2. The summed E-state index contributed by atoms with van der Waals surface area (Å²) in [5.74, 6) is -0.906. The van der Waals surface area contributed by atoms with E-state index in [0.717, 1.165) is 5.56 Å². The number of anilines is 1. The smallest absolute Gasteiger partial charge is 0.328 e. The van der Waals surface area contributed by atoms with Crippen LogP contribution in [-0.2, 0) is 4.79 Å². The van der Waals surface area contributed by atoms with Crippen LogP contribution in [0.15, 0.2) is 30.3 Å². The number of carboxylic acid groups (broad SMARTS) is 1. The highest BCUT2D eigenvalue weighted by Crippen LogP contribution is 2.45. The van der Waals surface area contributed by atoms with Gasteiger partial charge in [-0.1, -0.05) is 31.4 Å². The van der Waals surface area contributed by atoms with Gasteiger partial charge in [-0.25, -0.2) is 4.79 Å². The molecule has 0 unspecified atom stereocenters. The zero-order valence-corrected chi connectivity index (χ0v) is 11.7. The van der Waals surface area contributed by atoms with Crippen molar-refractivity contribution in [3.8, 4) is 0 Å². The second-order valence-corrected chi connectivity index (χ2v) is 6.18. The zero-order valence-electron chi connectivity index (χ0n) is 11.7. The molecule has 2 fully saturated rings. The summed E-state index contributed by atoms with van der Waals surface area (Å²) in [7, 11) is 0. The van der Waals surface area contributed by atoms with Crippen molar-refractivity contribution < 1.29 is 9.90 Å². The minimum absolute atomic E-state index is 0.597. The van der Waals surface area contributed by atoms with Gasteiger partial charge in [-0.05, 0) is 36.6 Å². The second-order valence-electron chi connectivity index (χ2n) is 6.18. The Bertz CT molecular complexity index is 504. The van der Waals surface area contributed by atoms with Crippen LogP contribution in [0.1, 0.15) is 37.7 Å². The lowest BCUT2D eigenvalue weighted by Gasteiger charge is -2.53. The number of carbonyl (C=O) groups is 1. The van der Waals surface area contributed by atoms with E-state index in [4.69, 9.17) is 5.11 Å². The lowest BCUT2D eigenvalue weighted by molar-refractivity contribution is -0.131. The summed E-state index contributed by atoms with van der Waals surface area (Å²) < 4.78 is 0. The van der Waals surface area contributed by atoms with E-state index < -0.39 is 5.97 Å². The Hall–Kier alpha value is -1.77. The van der Waals surface area contributed by atoms with E-state index in [-0.39, 0.29) is 0 Å². The third kappa shape index (κ3) is 2.72. The fourth-order valence-electron chi connectivity index (χ4n) is 3.53. The average molecular weight is 271 g/mol. The van der Waals surface area contributed by atoms with Crippen LogP contribution < -0.4 is 4.90 Å². The van der Waals surface area contributed by atoms with Crippen LogP contribution in [0.25, 0.3) is 6.08 Å². The van der Waals surface area contributed by atoms with Crippen LogP contribution >= 0.6 is 0 Å². The fraction of sp³-hybridized carbons (Fsp3) is 0.471. The van der Waals surface area contributed by atoms with Crippen molar-refractivity contribution in [2.45, 2.75) is 32.1 Å². The molecule has 0 bridgehead atoms. The monoisotopic (exact) mass is 271 g/mol. The first-order chi connectivity index (χ1) is 9.67. The van der Waals surface area contributed by atoms with E-state index in [2.05, 4.69) is 17.0 Å². The topological polar surface area (TPSA) is 40.5 Å². The second kappa shape index (κ2) is 5.31. The molecule has 3 heteroatoms. The van der Waals surface area contributed by atoms with E-state index in [1.165, 1.54) is 57.0 Å². The van der Waals surface area contributed by atoms with Gasteiger partial charge in [0.1, 0.15) is 0 Å². The molecule has 1 saturated heterocycles. The maximum atomic E-state index is 10.5. The fourth-order valence-corrected chi connectivity index (χ4v) is 3.53. The molecule has 0 aromatic heterocycles. The molecule has 3 rings (SSSR count). The molecule has 1 spiro atoms. The van der Waals surface area contributed by atoms with Crippen molar-refractivity contribution in [2.24, 2.45) is 5.41 Å². The summed E-state index contributed by atoms with van der Waals surface area (Å²) in [6.07, 6.45) is 9.79. The van der Waals surface area contributed by atoms with Crippen LogP contribution in [-0.4, -0.2) is 24.2 Å². The summed E-state index contributed by atoms with van der Waals surface area (Å²) in [6, 6.07) is 8.16. The van der Waals surface area contributed by atoms with E-state index in [1.807, 2.05) is 12.1 Å². The molecule has 1 aromatic rings. The first-order valence-corrected chi connectivity index (χ1v) is 7.43. The minimum atomic E-state index is -0.906. The molecule has 106 valence electrons. The number of aliphatic carboxylic acids is 1. The number of carboxylic acids is 1. The lowest BCUT2D eigenvalue weighted by Crippen LogP contribution is -2.57. The molecular weight excluding hydrogens is 250 g/mol. The van der Waals surface area contributed by atoms with Gasteiger partial charge in [0.05, 0.1) is 0 Å².